The Balaban J connectivity index is 0.00000125. The number of aryl methyl sites for hydroxylation is 1. The van der Waals surface area contributed by atoms with Crippen LogP contribution in [-0.4, -0.2) is 29.5 Å². The van der Waals surface area contributed by atoms with E-state index in [1.807, 2.05) is 17.1 Å². The molecule has 3 aromatic carbocycles. The van der Waals surface area contributed by atoms with E-state index in [0.29, 0.717) is 0 Å². The third-order valence-corrected chi connectivity index (χ3v) is 5.97. The molecule has 0 saturated carbocycles. The zero-order valence-electron chi connectivity index (χ0n) is 19.7. The minimum absolute atomic E-state index is 0. The van der Waals surface area contributed by atoms with Gasteiger partial charge in [-0.05, 0) is 54.4 Å². The van der Waals surface area contributed by atoms with Crippen LogP contribution in [0.25, 0.3) is 32.9 Å². The summed E-state index contributed by atoms with van der Waals surface area (Å²) in [5.74, 6) is 0. The third kappa shape index (κ3) is 6.27. The summed E-state index contributed by atoms with van der Waals surface area (Å²) in [4.78, 5) is 4.44. The van der Waals surface area contributed by atoms with E-state index in [1.165, 1.54) is 32.9 Å². The van der Waals surface area contributed by atoms with Gasteiger partial charge >= 0.3 is 0 Å². The van der Waals surface area contributed by atoms with Crippen molar-refractivity contribution in [2.75, 3.05) is 36.0 Å². The van der Waals surface area contributed by atoms with Gasteiger partial charge in [0.25, 0.3) is 0 Å². The first-order valence-corrected chi connectivity index (χ1v) is 13.4. The summed E-state index contributed by atoms with van der Waals surface area (Å²) < 4.78 is 2.44. The molecule has 4 N–H and O–H groups in total. The second kappa shape index (κ2) is 13.3. The number of anilines is 2. The van der Waals surface area contributed by atoms with E-state index in [2.05, 4.69) is 101 Å². The summed E-state index contributed by atoms with van der Waals surface area (Å²) in [6, 6.07) is 23.1. The van der Waals surface area contributed by atoms with Gasteiger partial charge in [-0.15, -0.1) is 0 Å². The molecular formula is C27H34I2N4. The summed E-state index contributed by atoms with van der Waals surface area (Å²) in [6.45, 7) is 8.60. The number of halogens is 2. The number of aromatic nitrogens is 1. The highest BCUT2D eigenvalue weighted by molar-refractivity contribution is 14.1. The number of hydrogen-bond donors (Lipinski definition) is 2. The lowest BCUT2D eigenvalue weighted by Gasteiger charge is -2.18. The van der Waals surface area contributed by atoms with Crippen LogP contribution in [0.15, 0.2) is 66.7 Å². The molecule has 4 aromatic rings. The van der Waals surface area contributed by atoms with Crippen molar-refractivity contribution in [2.24, 2.45) is 0 Å². The number of hydrogen-bond acceptors (Lipinski definition) is 3. The van der Waals surface area contributed by atoms with Gasteiger partial charge < -0.3 is 40.3 Å². The second-order valence-electron chi connectivity index (χ2n) is 7.83. The van der Waals surface area contributed by atoms with E-state index in [4.69, 9.17) is 11.5 Å². The fraction of sp³-hybridized carbons (Fsp3) is 0.296. The molecule has 0 unspecified atom stereocenters. The van der Waals surface area contributed by atoms with Gasteiger partial charge in [-0.1, -0.05) is 60.7 Å². The molecule has 4 nitrogen and oxygen atoms in total. The van der Waals surface area contributed by atoms with Gasteiger partial charge in [0, 0.05) is 41.4 Å². The minimum atomic E-state index is 0. The van der Waals surface area contributed by atoms with Gasteiger partial charge in [0.05, 0.1) is 10.8 Å². The molecule has 0 spiro atoms. The van der Waals surface area contributed by atoms with E-state index < -0.39 is 0 Å². The van der Waals surface area contributed by atoms with Crippen LogP contribution in [0, 0.1) is 0 Å². The standard InChI is InChI=1S/C26H30N4.CH3I.HI/c1-3-29(4-2)15-8-16-30-25-18-21(28)12-14-23(25)22-13-11-20(27)17-24(22)26(30)19-9-6-5-7-10-19;1-2;/h5-7,9-14,17-18,28H,3-4,8,15-16,27H2,1-2H3;1H3;1H. The molecular weight excluding hydrogens is 634 g/mol. The van der Waals surface area contributed by atoms with Crippen molar-refractivity contribution in [3.8, 4) is 11.3 Å². The van der Waals surface area contributed by atoms with Crippen molar-refractivity contribution < 1.29 is 28.5 Å². The smallest absolute Gasteiger partial charge is 0.220 e. The molecule has 6 heteroatoms. The van der Waals surface area contributed by atoms with Gasteiger partial charge in [0.2, 0.25) is 11.2 Å². The summed E-state index contributed by atoms with van der Waals surface area (Å²) >= 11 is 2.15. The van der Waals surface area contributed by atoms with Crippen LogP contribution < -0.4 is 40.0 Å². The number of nitrogens with zero attached hydrogens (tertiary/aromatic N) is 2. The van der Waals surface area contributed by atoms with Crippen molar-refractivity contribution in [1.82, 2.24) is 4.90 Å². The van der Waals surface area contributed by atoms with Crippen LogP contribution in [0.3, 0.4) is 0 Å². The number of nitrogen functional groups attached to an aromatic ring is 2. The van der Waals surface area contributed by atoms with Crippen molar-refractivity contribution >= 4 is 55.6 Å². The van der Waals surface area contributed by atoms with Crippen molar-refractivity contribution in [3.05, 3.63) is 66.7 Å². The second-order valence-corrected chi connectivity index (χ2v) is 7.83. The topological polar surface area (TPSA) is 59.2 Å². The highest BCUT2D eigenvalue weighted by Crippen LogP contribution is 2.33. The number of rotatable bonds is 7. The average Bonchev–Trinajstić information content (AvgIpc) is 2.83. The van der Waals surface area contributed by atoms with Gasteiger partial charge in [-0.25, -0.2) is 0 Å². The van der Waals surface area contributed by atoms with E-state index in [0.717, 1.165) is 44.0 Å². The van der Waals surface area contributed by atoms with Gasteiger partial charge in [0.15, 0.2) is 6.54 Å². The number of benzene rings is 3. The predicted octanol–water partition coefficient (Wildman–Crippen LogP) is 2.90. The molecule has 0 radical (unpaired) electrons. The summed E-state index contributed by atoms with van der Waals surface area (Å²) in [6.07, 6.45) is 1.07. The van der Waals surface area contributed by atoms with Crippen molar-refractivity contribution in [1.29, 1.82) is 0 Å². The fourth-order valence-corrected chi connectivity index (χ4v) is 4.39. The summed E-state index contributed by atoms with van der Waals surface area (Å²) in [5.41, 5.74) is 17.6. The van der Waals surface area contributed by atoms with Crippen LogP contribution in [0.2, 0.25) is 0 Å². The number of fused-ring (bicyclic) bond motifs is 3. The lowest BCUT2D eigenvalue weighted by Crippen LogP contribution is -3.00. The Morgan fingerprint density at radius 3 is 2.03 bits per heavy atom. The zero-order valence-corrected chi connectivity index (χ0v) is 24.0. The van der Waals surface area contributed by atoms with Gasteiger partial charge in [-0.3, -0.25) is 0 Å². The van der Waals surface area contributed by atoms with Crippen LogP contribution in [0.4, 0.5) is 11.4 Å². The largest absolute Gasteiger partial charge is 1.00 e. The lowest BCUT2D eigenvalue weighted by atomic mass is 9.98. The first-order valence-electron chi connectivity index (χ1n) is 11.2. The molecule has 1 aromatic heterocycles. The molecule has 1 heterocycles. The Hall–Kier alpha value is -1.65. The molecule has 0 saturated heterocycles. The van der Waals surface area contributed by atoms with E-state index in [1.54, 1.807) is 0 Å². The minimum Gasteiger partial charge on any atom is -1.00 e. The molecule has 33 heavy (non-hydrogen) atoms. The first-order chi connectivity index (χ1) is 15.6. The maximum Gasteiger partial charge on any atom is 0.220 e. The fourth-order valence-electron chi connectivity index (χ4n) is 4.39. The molecule has 0 amide bonds. The number of alkyl halides is 1. The SMILES string of the molecule is CCN(CC)CCC[n+]1c(-c2ccccc2)c2cc(N)ccc2c2ccc(N)cc21.CI.[I-]. The highest BCUT2D eigenvalue weighted by atomic mass is 127. The maximum atomic E-state index is 6.23. The predicted molar refractivity (Wildman–Crippen MR) is 148 cm³/mol. The molecule has 0 aliphatic carbocycles. The van der Waals surface area contributed by atoms with Crippen LogP contribution >= 0.6 is 22.6 Å². The lowest BCUT2D eigenvalue weighted by molar-refractivity contribution is -0.659. The van der Waals surface area contributed by atoms with Crippen LogP contribution in [0.1, 0.15) is 20.3 Å². The van der Waals surface area contributed by atoms with Gasteiger partial charge in [0.1, 0.15) is 0 Å². The Labute approximate surface area is 228 Å². The third-order valence-electron chi connectivity index (χ3n) is 5.97. The molecule has 0 fully saturated rings. The van der Waals surface area contributed by atoms with E-state index in [9.17, 15) is 0 Å². The molecule has 0 bridgehead atoms. The van der Waals surface area contributed by atoms with Crippen molar-refractivity contribution in [2.45, 2.75) is 26.8 Å². The quantitative estimate of drug-likeness (QED) is 0.105. The normalized spacial score (nSPS) is 10.7. The monoisotopic (exact) mass is 668 g/mol. The zero-order chi connectivity index (χ0) is 23.1. The highest BCUT2D eigenvalue weighted by Gasteiger charge is 2.23. The Morgan fingerprint density at radius 2 is 1.39 bits per heavy atom. The molecule has 4 rings (SSSR count). The first kappa shape index (κ1) is 27.6. The molecule has 176 valence electrons. The van der Waals surface area contributed by atoms with E-state index in [-0.39, 0.29) is 24.0 Å². The van der Waals surface area contributed by atoms with E-state index >= 15 is 0 Å². The molecule has 0 aliphatic rings. The average molecular weight is 668 g/mol. The van der Waals surface area contributed by atoms with Crippen LogP contribution in [0.5, 0.6) is 0 Å². The summed E-state index contributed by atoms with van der Waals surface area (Å²) in [5, 5.41) is 3.60. The Kier molecular flexibility index (Phi) is 11.1. The Morgan fingerprint density at radius 1 is 0.788 bits per heavy atom. The maximum absolute atomic E-state index is 6.23. The molecule has 0 atom stereocenters. The van der Waals surface area contributed by atoms with Crippen LogP contribution in [-0.2, 0) is 6.54 Å². The van der Waals surface area contributed by atoms with Crippen molar-refractivity contribution in [3.63, 3.8) is 0 Å². The number of pyridine rings is 1. The molecule has 0 aliphatic heterocycles. The summed E-state index contributed by atoms with van der Waals surface area (Å²) in [7, 11) is 0. The Bertz CT molecular complexity index is 1180. The van der Waals surface area contributed by atoms with Gasteiger partial charge in [-0.2, -0.15) is 4.57 Å². The number of nitrogens with two attached hydrogens (primary N) is 2.